The summed E-state index contributed by atoms with van der Waals surface area (Å²) in [6.07, 6.45) is 3.46. The van der Waals surface area contributed by atoms with Crippen LogP contribution in [0, 0.1) is 12.8 Å². The number of ketones is 1. The number of anilines is 1. The summed E-state index contributed by atoms with van der Waals surface area (Å²) in [4.78, 5) is 20.0. The molecule has 0 unspecified atom stereocenters. The number of methoxy groups -OCH3 is 1. The quantitative estimate of drug-likeness (QED) is 0.398. The van der Waals surface area contributed by atoms with Crippen molar-refractivity contribution in [2.24, 2.45) is 5.92 Å². The molecule has 35 heavy (non-hydrogen) atoms. The molecule has 2 aromatic heterocycles. The van der Waals surface area contributed by atoms with Gasteiger partial charge in [-0.2, -0.15) is 13.5 Å². The van der Waals surface area contributed by atoms with Crippen molar-refractivity contribution in [3.8, 4) is 5.75 Å². The lowest BCUT2D eigenvalue weighted by molar-refractivity contribution is -0.128. The van der Waals surface area contributed by atoms with Gasteiger partial charge in [0.2, 0.25) is 5.65 Å². The molecule has 0 spiro atoms. The number of benzene rings is 1. The number of ether oxygens (including phenoxy) is 2. The first-order valence-electron chi connectivity index (χ1n) is 12.3. The van der Waals surface area contributed by atoms with Crippen molar-refractivity contribution in [3.63, 3.8) is 0 Å². The largest absolute Gasteiger partial charge is 0.497 e. The Hall–Kier alpha value is -2.43. The fourth-order valence-electron chi connectivity index (χ4n) is 4.81. The Bertz CT molecular complexity index is 1130. The second-order valence-corrected chi connectivity index (χ2v) is 9.26. The number of hydrogen-bond donors (Lipinski definition) is 1. The molecule has 0 radical (unpaired) electrons. The highest BCUT2D eigenvalue weighted by Gasteiger charge is 2.29. The molecule has 192 valence electrons. The minimum atomic E-state index is 0. The van der Waals surface area contributed by atoms with Crippen LogP contribution in [0.25, 0.3) is 16.7 Å². The summed E-state index contributed by atoms with van der Waals surface area (Å²) in [6.45, 7) is 10.1. The molecule has 1 aromatic carbocycles. The number of fused-ring (bicyclic) bond motifs is 3. The van der Waals surface area contributed by atoms with Crippen molar-refractivity contribution in [1.29, 1.82) is 0 Å². The standard InChI is InChI=1S/C25H36N6O3.H2S/c1-17(2)23(30-12-14-34-15-13-30)22(32)8-6-5-7-11-26-24-25-29-28-18(3)31(25)21-10-9-19(33-4)16-20(21)27-24;/h9-10,16-17,23H,5-8,11-15H2,1-4H3,(H,26,27);1H2/t23-;/m0./s1. The van der Waals surface area contributed by atoms with Crippen molar-refractivity contribution in [3.05, 3.63) is 24.0 Å². The second-order valence-electron chi connectivity index (χ2n) is 9.26. The summed E-state index contributed by atoms with van der Waals surface area (Å²) in [6, 6.07) is 5.82. The first-order valence-corrected chi connectivity index (χ1v) is 12.3. The number of carbonyl (C=O) groups excluding carboxylic acids is 1. The molecule has 10 heteroatoms. The fraction of sp³-hybridized carbons (Fsp3) is 0.600. The number of rotatable bonds is 11. The van der Waals surface area contributed by atoms with Gasteiger partial charge in [0.15, 0.2) is 5.82 Å². The molecule has 3 aromatic rings. The van der Waals surface area contributed by atoms with E-state index in [-0.39, 0.29) is 19.5 Å². The van der Waals surface area contributed by atoms with Gasteiger partial charge < -0.3 is 14.8 Å². The van der Waals surface area contributed by atoms with E-state index in [0.717, 1.165) is 80.4 Å². The van der Waals surface area contributed by atoms with Crippen LogP contribution in [0.4, 0.5) is 5.82 Å². The molecule has 0 amide bonds. The van der Waals surface area contributed by atoms with Gasteiger partial charge in [-0.05, 0) is 37.8 Å². The van der Waals surface area contributed by atoms with Crippen LogP contribution in [-0.4, -0.2) is 76.3 Å². The molecule has 1 aliphatic rings. The third-order valence-electron chi connectivity index (χ3n) is 6.49. The number of aryl methyl sites for hydroxylation is 1. The maximum Gasteiger partial charge on any atom is 0.204 e. The normalized spacial score (nSPS) is 15.3. The first-order chi connectivity index (χ1) is 16.5. The van der Waals surface area contributed by atoms with E-state index in [1.54, 1.807) is 7.11 Å². The molecule has 4 rings (SSSR count). The smallest absolute Gasteiger partial charge is 0.204 e. The van der Waals surface area contributed by atoms with Gasteiger partial charge in [-0.1, -0.05) is 20.3 Å². The molecule has 0 aliphatic carbocycles. The lowest BCUT2D eigenvalue weighted by Gasteiger charge is -2.35. The number of hydrogen-bond acceptors (Lipinski definition) is 8. The van der Waals surface area contributed by atoms with Crippen LogP contribution >= 0.6 is 13.5 Å². The van der Waals surface area contributed by atoms with Crippen LogP contribution in [0.5, 0.6) is 5.75 Å². The highest BCUT2D eigenvalue weighted by Crippen LogP contribution is 2.25. The molecule has 9 nitrogen and oxygen atoms in total. The lowest BCUT2D eigenvalue weighted by atomic mass is 9.94. The topological polar surface area (TPSA) is 93.9 Å². The number of unbranched alkanes of at least 4 members (excludes halogenated alkanes) is 2. The number of nitrogens with zero attached hydrogens (tertiary/aromatic N) is 5. The molecule has 0 saturated carbocycles. The van der Waals surface area contributed by atoms with E-state index >= 15 is 0 Å². The Morgan fingerprint density at radius 2 is 1.94 bits per heavy atom. The van der Waals surface area contributed by atoms with Gasteiger partial charge in [0.1, 0.15) is 17.4 Å². The van der Waals surface area contributed by atoms with Gasteiger partial charge in [-0.3, -0.25) is 14.1 Å². The Kier molecular flexibility index (Phi) is 9.71. The summed E-state index contributed by atoms with van der Waals surface area (Å²) in [5.41, 5.74) is 2.49. The predicted molar refractivity (Wildman–Crippen MR) is 143 cm³/mol. The lowest BCUT2D eigenvalue weighted by Crippen LogP contribution is -2.49. The van der Waals surface area contributed by atoms with E-state index in [4.69, 9.17) is 14.5 Å². The van der Waals surface area contributed by atoms with Gasteiger partial charge in [0.25, 0.3) is 0 Å². The van der Waals surface area contributed by atoms with Crippen molar-refractivity contribution in [1.82, 2.24) is 24.5 Å². The van der Waals surface area contributed by atoms with Crippen LogP contribution in [0.3, 0.4) is 0 Å². The third-order valence-corrected chi connectivity index (χ3v) is 6.49. The van der Waals surface area contributed by atoms with E-state index < -0.39 is 0 Å². The van der Waals surface area contributed by atoms with Gasteiger partial charge in [-0.25, -0.2) is 4.98 Å². The number of morpholine rings is 1. The molecule has 1 fully saturated rings. The highest BCUT2D eigenvalue weighted by atomic mass is 32.1. The molecular formula is C25H38N6O3S. The van der Waals surface area contributed by atoms with E-state index in [9.17, 15) is 4.79 Å². The van der Waals surface area contributed by atoms with Gasteiger partial charge in [0.05, 0.1) is 37.4 Å². The summed E-state index contributed by atoms with van der Waals surface area (Å²) in [5.74, 6) is 2.96. The summed E-state index contributed by atoms with van der Waals surface area (Å²) in [7, 11) is 1.65. The van der Waals surface area contributed by atoms with Gasteiger partial charge in [-0.15, -0.1) is 10.2 Å². The van der Waals surface area contributed by atoms with Crippen molar-refractivity contribution >= 4 is 41.8 Å². The average molecular weight is 503 g/mol. The van der Waals surface area contributed by atoms with E-state index in [1.807, 2.05) is 29.5 Å². The first kappa shape index (κ1) is 27.2. The van der Waals surface area contributed by atoms with Crippen LogP contribution in [0.1, 0.15) is 45.4 Å². The molecule has 3 heterocycles. The SMILES string of the molecule is COc1ccc2c(c1)nc(NCCCCCC(=O)[C@H](C(C)C)N1CCOCC1)c1nnc(C)n12.S. The molecule has 1 saturated heterocycles. The molecular weight excluding hydrogens is 464 g/mol. The zero-order chi connectivity index (χ0) is 24.1. The number of carbonyl (C=O) groups is 1. The van der Waals surface area contributed by atoms with Crippen LogP contribution < -0.4 is 10.1 Å². The Balaban J connectivity index is 0.00000342. The highest BCUT2D eigenvalue weighted by molar-refractivity contribution is 7.59. The minimum Gasteiger partial charge on any atom is -0.497 e. The fourth-order valence-corrected chi connectivity index (χ4v) is 4.81. The van der Waals surface area contributed by atoms with E-state index in [1.165, 1.54) is 0 Å². The molecule has 0 bridgehead atoms. The molecule has 1 aliphatic heterocycles. The Morgan fingerprint density at radius 1 is 1.17 bits per heavy atom. The van der Waals surface area contributed by atoms with Crippen LogP contribution in [0.15, 0.2) is 18.2 Å². The third kappa shape index (κ3) is 6.23. The minimum absolute atomic E-state index is 0. The zero-order valence-electron chi connectivity index (χ0n) is 21.2. The van der Waals surface area contributed by atoms with Crippen molar-refractivity contribution < 1.29 is 14.3 Å². The van der Waals surface area contributed by atoms with Crippen molar-refractivity contribution in [2.45, 2.75) is 52.5 Å². The average Bonchev–Trinajstić information content (AvgIpc) is 3.23. The summed E-state index contributed by atoms with van der Waals surface area (Å²) < 4.78 is 12.8. The van der Waals surface area contributed by atoms with E-state index in [0.29, 0.717) is 23.9 Å². The van der Waals surface area contributed by atoms with Crippen LogP contribution in [-0.2, 0) is 9.53 Å². The summed E-state index contributed by atoms with van der Waals surface area (Å²) in [5, 5.41) is 12.0. The number of aromatic nitrogens is 4. The monoisotopic (exact) mass is 502 g/mol. The maximum absolute atomic E-state index is 12.9. The van der Waals surface area contributed by atoms with Crippen LogP contribution in [0.2, 0.25) is 0 Å². The number of Topliss-reactive ketones (excluding diaryl/α,β-unsaturated/α-hetero) is 1. The molecule has 1 atom stereocenters. The Labute approximate surface area is 214 Å². The van der Waals surface area contributed by atoms with Gasteiger partial charge in [0, 0.05) is 32.1 Å². The van der Waals surface area contributed by atoms with Gasteiger partial charge >= 0.3 is 0 Å². The summed E-state index contributed by atoms with van der Waals surface area (Å²) >= 11 is 0. The number of nitrogens with one attached hydrogen (secondary N) is 1. The second kappa shape index (κ2) is 12.5. The van der Waals surface area contributed by atoms with E-state index in [2.05, 4.69) is 34.3 Å². The maximum atomic E-state index is 12.9. The zero-order valence-corrected chi connectivity index (χ0v) is 22.2. The molecule has 1 N–H and O–H groups in total. The predicted octanol–water partition coefficient (Wildman–Crippen LogP) is 3.61. The van der Waals surface area contributed by atoms with Crippen molar-refractivity contribution in [2.75, 3.05) is 45.3 Å². The Morgan fingerprint density at radius 3 is 2.66 bits per heavy atom.